The van der Waals surface area contributed by atoms with E-state index in [1.165, 1.54) is 24.8 Å². The molecule has 106 valence electrons. The van der Waals surface area contributed by atoms with E-state index in [9.17, 15) is 0 Å². The van der Waals surface area contributed by atoms with E-state index in [0.29, 0.717) is 0 Å². The third kappa shape index (κ3) is 3.37. The number of nitrogens with zero attached hydrogens (tertiary/aromatic N) is 3. The molecule has 1 saturated heterocycles. The number of hydrogen-bond donors (Lipinski definition) is 1. The van der Waals surface area contributed by atoms with Gasteiger partial charge < -0.3 is 10.2 Å². The van der Waals surface area contributed by atoms with Gasteiger partial charge >= 0.3 is 0 Å². The summed E-state index contributed by atoms with van der Waals surface area (Å²) < 4.78 is 0. The van der Waals surface area contributed by atoms with Gasteiger partial charge in [0.05, 0.1) is 0 Å². The molecule has 1 aliphatic heterocycles. The highest BCUT2D eigenvalue weighted by molar-refractivity contribution is 5.58. The van der Waals surface area contributed by atoms with Gasteiger partial charge in [0.15, 0.2) is 0 Å². The molecule has 4 heteroatoms. The van der Waals surface area contributed by atoms with Crippen LogP contribution >= 0.6 is 0 Å². The van der Waals surface area contributed by atoms with E-state index in [-0.39, 0.29) is 0 Å². The molecule has 0 aliphatic carbocycles. The number of nitrogens with one attached hydrogen (secondary N) is 1. The molecule has 4 nitrogen and oxygen atoms in total. The molecule has 0 saturated carbocycles. The Balaban J connectivity index is 2.32. The van der Waals surface area contributed by atoms with Gasteiger partial charge in [-0.2, -0.15) is 0 Å². The van der Waals surface area contributed by atoms with Crippen LogP contribution in [0, 0.1) is 6.92 Å². The lowest BCUT2D eigenvalue weighted by Gasteiger charge is -2.29. The molecule has 2 heterocycles. The lowest BCUT2D eigenvalue weighted by Crippen LogP contribution is -2.31. The normalized spacial score (nSPS) is 15.6. The third-order valence-corrected chi connectivity index (χ3v) is 3.64. The van der Waals surface area contributed by atoms with Crippen LogP contribution in [-0.4, -0.2) is 29.6 Å². The number of aryl methyl sites for hydroxylation is 1. The fourth-order valence-corrected chi connectivity index (χ4v) is 2.64. The first-order valence-corrected chi connectivity index (χ1v) is 7.62. The van der Waals surface area contributed by atoms with Crippen molar-refractivity contribution in [2.45, 2.75) is 52.9 Å². The van der Waals surface area contributed by atoms with Crippen LogP contribution in [-0.2, 0) is 6.42 Å². The molecular formula is C15H26N4. The summed E-state index contributed by atoms with van der Waals surface area (Å²) in [6, 6.07) is 0. The number of rotatable bonds is 5. The molecule has 19 heavy (non-hydrogen) atoms. The summed E-state index contributed by atoms with van der Waals surface area (Å²) in [5, 5.41) is 3.38. The molecule has 1 fully saturated rings. The van der Waals surface area contributed by atoms with Gasteiger partial charge in [-0.05, 0) is 39.5 Å². The Morgan fingerprint density at radius 1 is 1.11 bits per heavy atom. The van der Waals surface area contributed by atoms with Crippen LogP contribution < -0.4 is 10.2 Å². The Bertz CT molecular complexity index is 411. The van der Waals surface area contributed by atoms with E-state index in [0.717, 1.165) is 49.9 Å². The zero-order valence-electron chi connectivity index (χ0n) is 12.5. The van der Waals surface area contributed by atoms with E-state index >= 15 is 0 Å². The average molecular weight is 262 g/mol. The molecule has 0 aromatic carbocycles. The second kappa shape index (κ2) is 6.73. The van der Waals surface area contributed by atoms with Crippen LogP contribution in [0.5, 0.6) is 0 Å². The first-order chi connectivity index (χ1) is 9.26. The minimum absolute atomic E-state index is 0.906. The molecule has 0 atom stereocenters. The topological polar surface area (TPSA) is 41.1 Å². The second-order valence-corrected chi connectivity index (χ2v) is 5.27. The smallest absolute Gasteiger partial charge is 0.137 e. The van der Waals surface area contributed by atoms with Gasteiger partial charge in [0, 0.05) is 31.6 Å². The van der Waals surface area contributed by atoms with E-state index in [4.69, 9.17) is 4.98 Å². The molecule has 0 unspecified atom stereocenters. The maximum absolute atomic E-state index is 4.80. The number of aromatic nitrogens is 2. The summed E-state index contributed by atoms with van der Waals surface area (Å²) in [5.41, 5.74) is 1.20. The van der Waals surface area contributed by atoms with Crippen molar-refractivity contribution < 1.29 is 0 Å². The van der Waals surface area contributed by atoms with Crippen molar-refractivity contribution >= 4 is 11.6 Å². The Hall–Kier alpha value is -1.32. The van der Waals surface area contributed by atoms with Crippen LogP contribution in [0.2, 0.25) is 0 Å². The summed E-state index contributed by atoms with van der Waals surface area (Å²) in [7, 11) is 0. The molecule has 1 aliphatic rings. The van der Waals surface area contributed by atoms with E-state index < -0.39 is 0 Å². The molecule has 1 aromatic rings. The lowest BCUT2D eigenvalue weighted by molar-refractivity contribution is 0.570. The first kappa shape index (κ1) is 14.1. The summed E-state index contributed by atoms with van der Waals surface area (Å²) in [5.74, 6) is 3.14. The van der Waals surface area contributed by atoms with Gasteiger partial charge in [-0.15, -0.1) is 0 Å². The average Bonchev–Trinajstić information content (AvgIpc) is 2.44. The molecule has 0 bridgehead atoms. The van der Waals surface area contributed by atoms with Crippen LogP contribution in [0.25, 0.3) is 0 Å². The molecular weight excluding hydrogens is 236 g/mol. The number of piperidine rings is 1. The quantitative estimate of drug-likeness (QED) is 0.885. The predicted octanol–water partition coefficient (Wildman–Crippen LogP) is 3.16. The van der Waals surface area contributed by atoms with Crippen LogP contribution in [0.1, 0.15) is 50.9 Å². The molecule has 0 amide bonds. The Morgan fingerprint density at radius 2 is 1.84 bits per heavy atom. The fourth-order valence-electron chi connectivity index (χ4n) is 2.64. The van der Waals surface area contributed by atoms with Crippen LogP contribution in [0.3, 0.4) is 0 Å². The second-order valence-electron chi connectivity index (χ2n) is 5.27. The van der Waals surface area contributed by atoms with Crippen LogP contribution in [0.4, 0.5) is 11.6 Å². The Labute approximate surface area is 116 Å². The van der Waals surface area contributed by atoms with E-state index in [1.807, 2.05) is 0 Å². The van der Waals surface area contributed by atoms with Gasteiger partial charge in [0.25, 0.3) is 0 Å². The van der Waals surface area contributed by atoms with Crippen molar-refractivity contribution in [3.63, 3.8) is 0 Å². The molecule has 1 N–H and O–H groups in total. The van der Waals surface area contributed by atoms with Gasteiger partial charge in [-0.25, -0.2) is 9.97 Å². The maximum Gasteiger partial charge on any atom is 0.137 e. The summed E-state index contributed by atoms with van der Waals surface area (Å²) in [6.07, 6.45) is 5.96. The number of anilines is 2. The minimum Gasteiger partial charge on any atom is -0.370 e. The Morgan fingerprint density at radius 3 is 2.47 bits per heavy atom. The summed E-state index contributed by atoms with van der Waals surface area (Å²) >= 11 is 0. The first-order valence-electron chi connectivity index (χ1n) is 7.62. The van der Waals surface area contributed by atoms with E-state index in [2.05, 4.69) is 36.0 Å². The number of hydrogen-bond acceptors (Lipinski definition) is 4. The summed E-state index contributed by atoms with van der Waals surface area (Å²) in [6.45, 7) is 9.60. The van der Waals surface area contributed by atoms with Crippen molar-refractivity contribution in [1.82, 2.24) is 9.97 Å². The summed E-state index contributed by atoms with van der Waals surface area (Å²) in [4.78, 5) is 11.9. The molecule has 2 rings (SSSR count). The lowest BCUT2D eigenvalue weighted by atomic mass is 10.1. The highest BCUT2D eigenvalue weighted by Crippen LogP contribution is 2.26. The van der Waals surface area contributed by atoms with Crippen molar-refractivity contribution in [1.29, 1.82) is 0 Å². The van der Waals surface area contributed by atoms with Crippen molar-refractivity contribution in [3.8, 4) is 0 Å². The van der Waals surface area contributed by atoms with Gasteiger partial charge in [0.1, 0.15) is 17.5 Å². The zero-order valence-corrected chi connectivity index (χ0v) is 12.5. The molecule has 1 aromatic heterocycles. The molecule has 0 spiro atoms. The third-order valence-electron chi connectivity index (χ3n) is 3.64. The zero-order chi connectivity index (χ0) is 13.7. The molecule has 0 radical (unpaired) electrons. The predicted molar refractivity (Wildman–Crippen MR) is 81.0 cm³/mol. The van der Waals surface area contributed by atoms with Gasteiger partial charge in [-0.3, -0.25) is 0 Å². The standard InChI is InChI=1S/C15H26N4/c1-4-9-13-17-14(16-5-2)12(3)15(18-13)19-10-7-6-8-11-19/h4-11H2,1-3H3,(H,16,17,18). The van der Waals surface area contributed by atoms with Crippen molar-refractivity contribution in [2.75, 3.05) is 29.9 Å². The highest BCUT2D eigenvalue weighted by Gasteiger charge is 2.18. The Kier molecular flexibility index (Phi) is 5.00. The minimum atomic E-state index is 0.906. The highest BCUT2D eigenvalue weighted by atomic mass is 15.2. The van der Waals surface area contributed by atoms with Crippen molar-refractivity contribution in [3.05, 3.63) is 11.4 Å². The van der Waals surface area contributed by atoms with Crippen molar-refractivity contribution in [2.24, 2.45) is 0 Å². The fraction of sp³-hybridized carbons (Fsp3) is 0.733. The largest absolute Gasteiger partial charge is 0.370 e. The monoisotopic (exact) mass is 262 g/mol. The SMILES string of the molecule is CCCc1nc(NCC)c(C)c(N2CCCCC2)n1. The maximum atomic E-state index is 4.80. The van der Waals surface area contributed by atoms with Gasteiger partial charge in [0.2, 0.25) is 0 Å². The van der Waals surface area contributed by atoms with Gasteiger partial charge in [-0.1, -0.05) is 6.92 Å². The van der Waals surface area contributed by atoms with E-state index in [1.54, 1.807) is 0 Å². The van der Waals surface area contributed by atoms with Crippen LogP contribution in [0.15, 0.2) is 0 Å².